The number of thiocarbonyl (C=S) groups is 1. The van der Waals surface area contributed by atoms with Gasteiger partial charge in [0, 0.05) is 27.5 Å². The number of benzene rings is 2. The molecule has 2 N–H and O–H groups in total. The van der Waals surface area contributed by atoms with Gasteiger partial charge < -0.3 is 10.3 Å². The van der Waals surface area contributed by atoms with Crippen LogP contribution in [-0.2, 0) is 0 Å². The Labute approximate surface area is 109 Å². The lowest BCUT2D eigenvalue weighted by Crippen LogP contribution is -2.04. The number of nitrogens with one attached hydrogen (secondary N) is 2. The highest BCUT2D eigenvalue weighted by Crippen LogP contribution is 2.27. The van der Waals surface area contributed by atoms with Crippen molar-refractivity contribution in [2.24, 2.45) is 0 Å². The number of para-hydroxylation sites is 1. The van der Waals surface area contributed by atoms with Crippen molar-refractivity contribution in [2.45, 2.75) is 0 Å². The molecule has 0 saturated heterocycles. The van der Waals surface area contributed by atoms with E-state index in [1.165, 1.54) is 10.8 Å². The molecule has 4 heteroatoms. The molecule has 3 aromatic rings. The van der Waals surface area contributed by atoms with Gasteiger partial charge >= 0.3 is 0 Å². The van der Waals surface area contributed by atoms with Crippen LogP contribution in [-0.4, -0.2) is 9.97 Å². The number of nitrogens with zero attached hydrogens (tertiary/aromatic N) is 1. The summed E-state index contributed by atoms with van der Waals surface area (Å²) in [5.41, 5.74) is 2.95. The molecular formula is C14H9N3S. The molecule has 0 aliphatic carbocycles. The van der Waals surface area contributed by atoms with Crippen LogP contribution in [0.5, 0.6) is 0 Å². The number of hydrogen-bond acceptors (Lipinski definition) is 2. The molecule has 0 fully saturated rings. The molecule has 86 valence electrons. The topological polar surface area (TPSA) is 51.6 Å². The second kappa shape index (κ2) is 4.13. The molecule has 0 saturated carbocycles. The van der Waals surface area contributed by atoms with Crippen molar-refractivity contribution in [3.05, 3.63) is 42.5 Å². The Bertz CT molecular complexity index is 796. The Morgan fingerprint density at radius 3 is 2.72 bits per heavy atom. The zero-order valence-electron chi connectivity index (χ0n) is 9.40. The third-order valence-corrected chi connectivity index (χ3v) is 3.06. The van der Waals surface area contributed by atoms with Gasteiger partial charge in [0.1, 0.15) is 6.07 Å². The number of aromatic nitrogens is 1. The fourth-order valence-corrected chi connectivity index (χ4v) is 2.21. The van der Waals surface area contributed by atoms with Gasteiger partial charge in [-0.1, -0.05) is 24.3 Å². The average molecular weight is 251 g/mol. The Kier molecular flexibility index (Phi) is 2.47. The van der Waals surface area contributed by atoms with Crippen molar-refractivity contribution >= 4 is 44.7 Å². The van der Waals surface area contributed by atoms with Crippen LogP contribution >= 0.6 is 12.2 Å². The number of nitriles is 1. The highest BCUT2D eigenvalue weighted by Gasteiger charge is 2.04. The molecule has 0 aliphatic heterocycles. The van der Waals surface area contributed by atoms with Gasteiger partial charge in [-0.25, -0.2) is 0 Å². The summed E-state index contributed by atoms with van der Waals surface area (Å²) >= 11 is 4.84. The molecule has 3 nitrogen and oxygen atoms in total. The molecule has 0 spiro atoms. The lowest BCUT2D eigenvalue weighted by atomic mass is 10.1. The van der Waals surface area contributed by atoms with E-state index < -0.39 is 0 Å². The number of aromatic amines is 1. The van der Waals surface area contributed by atoms with E-state index in [2.05, 4.69) is 16.4 Å². The van der Waals surface area contributed by atoms with Crippen molar-refractivity contribution in [3.63, 3.8) is 0 Å². The van der Waals surface area contributed by atoms with E-state index in [1.807, 2.05) is 42.5 Å². The standard InChI is InChI=1S/C14H9N3S/c15-8-14(18)16-9-5-6-11-10-3-1-2-4-12(10)17-13(11)7-9/h1-7,17H,(H,16,18). The van der Waals surface area contributed by atoms with Gasteiger partial charge in [-0.2, -0.15) is 5.26 Å². The SMILES string of the molecule is N#CC(=S)Nc1ccc2c(c1)[nH]c1ccccc12. The van der Waals surface area contributed by atoms with Gasteiger partial charge in [0.2, 0.25) is 0 Å². The molecule has 0 aliphatic rings. The molecule has 0 unspecified atom stereocenters. The van der Waals surface area contributed by atoms with Crippen molar-refractivity contribution in [2.75, 3.05) is 5.32 Å². The minimum atomic E-state index is 0.172. The second-order valence-electron chi connectivity index (χ2n) is 4.00. The maximum atomic E-state index is 8.66. The Morgan fingerprint density at radius 1 is 1.11 bits per heavy atom. The first-order chi connectivity index (χ1) is 8.78. The minimum absolute atomic E-state index is 0.172. The lowest BCUT2D eigenvalue weighted by Gasteiger charge is -2.01. The maximum absolute atomic E-state index is 8.66. The van der Waals surface area contributed by atoms with Crippen molar-refractivity contribution in [3.8, 4) is 6.07 Å². The van der Waals surface area contributed by atoms with Crippen LogP contribution < -0.4 is 5.32 Å². The van der Waals surface area contributed by atoms with E-state index in [0.29, 0.717) is 0 Å². The largest absolute Gasteiger partial charge is 0.354 e. The monoisotopic (exact) mass is 251 g/mol. The molecule has 0 atom stereocenters. The Hall–Kier alpha value is -2.38. The highest BCUT2D eigenvalue weighted by molar-refractivity contribution is 7.81. The second-order valence-corrected chi connectivity index (χ2v) is 4.41. The average Bonchev–Trinajstić information content (AvgIpc) is 2.76. The quantitative estimate of drug-likeness (QED) is 0.650. The summed E-state index contributed by atoms with van der Waals surface area (Å²) in [6.45, 7) is 0. The normalized spacial score (nSPS) is 10.4. The molecule has 18 heavy (non-hydrogen) atoms. The number of anilines is 1. The van der Waals surface area contributed by atoms with Crippen LogP contribution in [0, 0.1) is 11.3 Å². The van der Waals surface area contributed by atoms with Crippen molar-refractivity contribution in [1.29, 1.82) is 5.26 Å². The third kappa shape index (κ3) is 1.71. The van der Waals surface area contributed by atoms with Gasteiger partial charge in [0.15, 0.2) is 4.99 Å². The zero-order valence-corrected chi connectivity index (χ0v) is 10.2. The van der Waals surface area contributed by atoms with Crippen LogP contribution in [0.3, 0.4) is 0 Å². The van der Waals surface area contributed by atoms with Crippen LogP contribution in [0.2, 0.25) is 0 Å². The first-order valence-corrected chi connectivity index (χ1v) is 5.90. The summed E-state index contributed by atoms with van der Waals surface area (Å²) in [7, 11) is 0. The maximum Gasteiger partial charge on any atom is 0.182 e. The number of H-pyrrole nitrogens is 1. The van der Waals surface area contributed by atoms with E-state index in [0.717, 1.165) is 16.7 Å². The molecule has 0 radical (unpaired) electrons. The Balaban J connectivity index is 2.16. The van der Waals surface area contributed by atoms with Crippen molar-refractivity contribution < 1.29 is 0 Å². The van der Waals surface area contributed by atoms with Gasteiger partial charge in [-0.3, -0.25) is 0 Å². The van der Waals surface area contributed by atoms with Crippen LogP contribution in [0.1, 0.15) is 0 Å². The lowest BCUT2D eigenvalue weighted by molar-refractivity contribution is 1.53. The molecule has 1 aromatic heterocycles. The van der Waals surface area contributed by atoms with Gasteiger partial charge in [0.25, 0.3) is 0 Å². The number of rotatable bonds is 1. The summed E-state index contributed by atoms with van der Waals surface area (Å²) in [5.74, 6) is 0. The summed E-state index contributed by atoms with van der Waals surface area (Å²) < 4.78 is 0. The molecule has 0 bridgehead atoms. The summed E-state index contributed by atoms with van der Waals surface area (Å²) in [4.78, 5) is 3.52. The molecular weight excluding hydrogens is 242 g/mol. The summed E-state index contributed by atoms with van der Waals surface area (Å²) in [6.07, 6.45) is 0. The summed E-state index contributed by atoms with van der Waals surface area (Å²) in [5, 5.41) is 13.9. The van der Waals surface area contributed by atoms with Gasteiger partial charge in [0.05, 0.1) is 0 Å². The van der Waals surface area contributed by atoms with Gasteiger partial charge in [-0.05, 0) is 30.4 Å². The van der Waals surface area contributed by atoms with E-state index in [9.17, 15) is 0 Å². The predicted molar refractivity (Wildman–Crippen MR) is 77.6 cm³/mol. The first-order valence-electron chi connectivity index (χ1n) is 5.49. The molecule has 0 amide bonds. The van der Waals surface area contributed by atoms with Crippen LogP contribution in [0.15, 0.2) is 42.5 Å². The smallest absolute Gasteiger partial charge is 0.182 e. The number of hydrogen-bond donors (Lipinski definition) is 2. The van der Waals surface area contributed by atoms with Crippen LogP contribution in [0.4, 0.5) is 5.69 Å². The fraction of sp³-hybridized carbons (Fsp3) is 0. The molecule has 2 aromatic carbocycles. The fourth-order valence-electron chi connectivity index (χ4n) is 2.09. The van der Waals surface area contributed by atoms with E-state index in [1.54, 1.807) is 0 Å². The van der Waals surface area contributed by atoms with E-state index in [-0.39, 0.29) is 4.99 Å². The minimum Gasteiger partial charge on any atom is -0.354 e. The van der Waals surface area contributed by atoms with Crippen LogP contribution in [0.25, 0.3) is 21.8 Å². The predicted octanol–water partition coefficient (Wildman–Crippen LogP) is 3.58. The third-order valence-electron chi connectivity index (χ3n) is 2.87. The van der Waals surface area contributed by atoms with Gasteiger partial charge in [-0.15, -0.1) is 0 Å². The van der Waals surface area contributed by atoms with E-state index in [4.69, 9.17) is 17.5 Å². The number of fused-ring (bicyclic) bond motifs is 3. The summed E-state index contributed by atoms with van der Waals surface area (Å²) in [6, 6.07) is 16.0. The first kappa shape index (κ1) is 10.8. The highest BCUT2D eigenvalue weighted by atomic mass is 32.1. The van der Waals surface area contributed by atoms with Crippen molar-refractivity contribution in [1.82, 2.24) is 4.98 Å². The molecule has 1 heterocycles. The van der Waals surface area contributed by atoms with E-state index >= 15 is 0 Å². The zero-order chi connectivity index (χ0) is 12.5. The molecule has 3 rings (SSSR count). The Morgan fingerprint density at radius 2 is 1.89 bits per heavy atom.